The van der Waals surface area contributed by atoms with Crippen molar-refractivity contribution in [2.45, 2.75) is 58.1 Å². The topological polar surface area (TPSA) is 34.1 Å². The van der Waals surface area contributed by atoms with Gasteiger partial charge in [-0.15, -0.1) is 0 Å². The second-order valence-corrected chi connectivity index (χ2v) is 5.50. The molecule has 0 aliphatic carbocycles. The number of likely N-dealkylation sites (N-methyl/N-ethyl adjacent to an activating group) is 1. The van der Waals surface area contributed by atoms with E-state index in [1.165, 1.54) is 36.9 Å². The van der Waals surface area contributed by atoms with Crippen LogP contribution < -0.4 is 5.32 Å². The van der Waals surface area contributed by atoms with Crippen LogP contribution in [0.4, 0.5) is 0 Å². The van der Waals surface area contributed by atoms with Crippen molar-refractivity contribution >= 4 is 0 Å². The maximum absolute atomic E-state index is 5.70. The van der Waals surface area contributed by atoms with Crippen molar-refractivity contribution in [3.63, 3.8) is 0 Å². The van der Waals surface area contributed by atoms with Crippen LogP contribution in [0.1, 0.15) is 43.9 Å². The number of aryl methyl sites for hydroxylation is 1. The van der Waals surface area contributed by atoms with E-state index in [0.717, 1.165) is 19.6 Å². The van der Waals surface area contributed by atoms with Gasteiger partial charge in [0.25, 0.3) is 0 Å². The van der Waals surface area contributed by atoms with E-state index in [0.29, 0.717) is 12.1 Å². The molecule has 106 valence electrons. The Balaban J connectivity index is 1.82. The van der Waals surface area contributed by atoms with Crippen molar-refractivity contribution in [3.8, 4) is 0 Å². The lowest BCUT2D eigenvalue weighted by atomic mass is 10.0. The summed E-state index contributed by atoms with van der Waals surface area (Å²) in [7, 11) is 0. The normalized spacial score (nSPS) is 20.6. The number of aromatic nitrogens is 1. The molecule has 3 nitrogen and oxygen atoms in total. The molecule has 1 aliphatic rings. The molecular formula is C16H26N2O. The Labute approximate surface area is 116 Å². The molecule has 1 aromatic rings. The molecule has 1 fully saturated rings. The smallest absolute Gasteiger partial charge is 0.0576 e. The predicted octanol–water partition coefficient (Wildman–Crippen LogP) is 2.87. The maximum Gasteiger partial charge on any atom is 0.0576 e. The fourth-order valence-electron chi connectivity index (χ4n) is 2.70. The Kier molecular flexibility index (Phi) is 5.80. The summed E-state index contributed by atoms with van der Waals surface area (Å²) in [6.07, 6.45) is 8.28. The highest BCUT2D eigenvalue weighted by Crippen LogP contribution is 2.18. The first-order valence-corrected chi connectivity index (χ1v) is 7.54. The van der Waals surface area contributed by atoms with Crippen LogP contribution in [0.25, 0.3) is 0 Å². The van der Waals surface area contributed by atoms with Gasteiger partial charge in [-0.1, -0.05) is 13.0 Å². The first-order chi connectivity index (χ1) is 9.28. The van der Waals surface area contributed by atoms with Crippen molar-refractivity contribution < 1.29 is 4.74 Å². The number of pyridine rings is 1. The highest BCUT2D eigenvalue weighted by Gasteiger charge is 2.18. The molecule has 1 N–H and O–H groups in total. The van der Waals surface area contributed by atoms with Gasteiger partial charge in [-0.25, -0.2) is 0 Å². The Morgan fingerprint density at radius 2 is 2.37 bits per heavy atom. The Hall–Kier alpha value is -0.930. The van der Waals surface area contributed by atoms with Crippen LogP contribution >= 0.6 is 0 Å². The molecule has 2 heterocycles. The maximum atomic E-state index is 5.70. The van der Waals surface area contributed by atoms with E-state index in [9.17, 15) is 0 Å². The summed E-state index contributed by atoms with van der Waals surface area (Å²) < 4.78 is 5.70. The van der Waals surface area contributed by atoms with E-state index in [2.05, 4.69) is 36.3 Å². The van der Waals surface area contributed by atoms with Crippen LogP contribution in [0.2, 0.25) is 0 Å². The fourth-order valence-corrected chi connectivity index (χ4v) is 2.70. The zero-order chi connectivity index (χ0) is 13.5. The van der Waals surface area contributed by atoms with Crippen molar-refractivity contribution in [3.05, 3.63) is 29.6 Å². The Morgan fingerprint density at radius 3 is 3.00 bits per heavy atom. The van der Waals surface area contributed by atoms with Gasteiger partial charge in [0.15, 0.2) is 0 Å². The SMILES string of the molecule is CCNC(CCC1CCCO1)Cc1ccc(C)cn1. The van der Waals surface area contributed by atoms with Crippen molar-refractivity contribution in [2.24, 2.45) is 0 Å². The van der Waals surface area contributed by atoms with E-state index in [4.69, 9.17) is 4.74 Å². The number of hydrogen-bond donors (Lipinski definition) is 1. The second kappa shape index (κ2) is 7.61. The first-order valence-electron chi connectivity index (χ1n) is 7.54. The molecule has 0 spiro atoms. The average Bonchev–Trinajstić information content (AvgIpc) is 2.92. The van der Waals surface area contributed by atoms with Gasteiger partial charge in [-0.3, -0.25) is 4.98 Å². The summed E-state index contributed by atoms with van der Waals surface area (Å²) in [5.41, 5.74) is 2.41. The van der Waals surface area contributed by atoms with E-state index < -0.39 is 0 Å². The zero-order valence-corrected chi connectivity index (χ0v) is 12.2. The summed E-state index contributed by atoms with van der Waals surface area (Å²) >= 11 is 0. The minimum absolute atomic E-state index is 0.493. The van der Waals surface area contributed by atoms with E-state index in [1.54, 1.807) is 0 Å². The molecule has 2 atom stereocenters. The number of nitrogens with zero attached hydrogens (tertiary/aromatic N) is 1. The fraction of sp³-hybridized carbons (Fsp3) is 0.688. The molecule has 3 heteroatoms. The van der Waals surface area contributed by atoms with Crippen LogP contribution in [0.5, 0.6) is 0 Å². The minimum Gasteiger partial charge on any atom is -0.378 e. The quantitative estimate of drug-likeness (QED) is 0.820. The standard InChI is InChI=1S/C16H26N2O/c1-3-17-14(8-9-16-5-4-10-19-16)11-15-7-6-13(2)12-18-15/h6-7,12,14,16-17H,3-5,8-11H2,1-2H3. The van der Waals surface area contributed by atoms with Gasteiger partial charge in [0, 0.05) is 31.0 Å². The molecule has 2 unspecified atom stereocenters. The van der Waals surface area contributed by atoms with Gasteiger partial charge in [0.2, 0.25) is 0 Å². The lowest BCUT2D eigenvalue weighted by Crippen LogP contribution is -2.32. The Bertz CT molecular complexity index is 358. The average molecular weight is 262 g/mol. The summed E-state index contributed by atoms with van der Waals surface area (Å²) in [5.74, 6) is 0. The van der Waals surface area contributed by atoms with E-state index in [1.807, 2.05) is 6.20 Å². The van der Waals surface area contributed by atoms with Gasteiger partial charge < -0.3 is 10.1 Å². The molecule has 0 amide bonds. The van der Waals surface area contributed by atoms with Gasteiger partial charge >= 0.3 is 0 Å². The largest absolute Gasteiger partial charge is 0.378 e. The molecular weight excluding hydrogens is 236 g/mol. The zero-order valence-electron chi connectivity index (χ0n) is 12.2. The summed E-state index contributed by atoms with van der Waals surface area (Å²) in [4.78, 5) is 4.51. The Morgan fingerprint density at radius 1 is 1.47 bits per heavy atom. The summed E-state index contributed by atoms with van der Waals surface area (Å²) in [6, 6.07) is 4.81. The van der Waals surface area contributed by atoms with Gasteiger partial charge in [-0.2, -0.15) is 0 Å². The molecule has 19 heavy (non-hydrogen) atoms. The van der Waals surface area contributed by atoms with E-state index in [-0.39, 0.29) is 0 Å². The summed E-state index contributed by atoms with van der Waals surface area (Å²) in [5, 5.41) is 3.57. The van der Waals surface area contributed by atoms with Crippen molar-refractivity contribution in [1.29, 1.82) is 0 Å². The van der Waals surface area contributed by atoms with Crippen molar-refractivity contribution in [1.82, 2.24) is 10.3 Å². The highest BCUT2D eigenvalue weighted by molar-refractivity contribution is 5.13. The van der Waals surface area contributed by atoms with Gasteiger partial charge in [0.05, 0.1) is 6.10 Å². The molecule has 1 saturated heterocycles. The number of rotatable bonds is 7. The lowest BCUT2D eigenvalue weighted by Gasteiger charge is -2.19. The van der Waals surface area contributed by atoms with Crippen LogP contribution in [0, 0.1) is 6.92 Å². The third-order valence-electron chi connectivity index (χ3n) is 3.78. The third-order valence-corrected chi connectivity index (χ3v) is 3.78. The van der Waals surface area contributed by atoms with Gasteiger partial charge in [-0.05, 0) is 50.8 Å². The number of ether oxygens (including phenoxy) is 1. The molecule has 0 saturated carbocycles. The predicted molar refractivity (Wildman–Crippen MR) is 78.4 cm³/mol. The monoisotopic (exact) mass is 262 g/mol. The second-order valence-electron chi connectivity index (χ2n) is 5.50. The van der Waals surface area contributed by atoms with Crippen molar-refractivity contribution in [2.75, 3.05) is 13.2 Å². The molecule has 0 bridgehead atoms. The molecule has 1 aromatic heterocycles. The van der Waals surface area contributed by atoms with Crippen LogP contribution in [0.15, 0.2) is 18.3 Å². The lowest BCUT2D eigenvalue weighted by molar-refractivity contribution is 0.0996. The molecule has 0 radical (unpaired) electrons. The van der Waals surface area contributed by atoms with Crippen LogP contribution in [-0.4, -0.2) is 30.3 Å². The van der Waals surface area contributed by atoms with Crippen LogP contribution in [-0.2, 0) is 11.2 Å². The molecule has 0 aromatic carbocycles. The van der Waals surface area contributed by atoms with Gasteiger partial charge in [0.1, 0.15) is 0 Å². The van der Waals surface area contributed by atoms with E-state index >= 15 is 0 Å². The summed E-state index contributed by atoms with van der Waals surface area (Å²) in [6.45, 7) is 6.22. The first kappa shape index (κ1) is 14.5. The third kappa shape index (κ3) is 4.92. The number of nitrogens with one attached hydrogen (secondary N) is 1. The molecule has 1 aliphatic heterocycles. The van der Waals surface area contributed by atoms with Crippen LogP contribution in [0.3, 0.4) is 0 Å². The number of hydrogen-bond acceptors (Lipinski definition) is 3. The molecule has 2 rings (SSSR count). The highest BCUT2D eigenvalue weighted by atomic mass is 16.5. The minimum atomic E-state index is 0.493.